The van der Waals surface area contributed by atoms with E-state index in [0.717, 1.165) is 13.2 Å². The summed E-state index contributed by atoms with van der Waals surface area (Å²) in [6, 6.07) is 0. The summed E-state index contributed by atoms with van der Waals surface area (Å²) < 4.78 is 0. The van der Waals surface area contributed by atoms with Gasteiger partial charge in [-0.15, -0.1) is 0 Å². The second-order valence-electron chi connectivity index (χ2n) is 2.29. The summed E-state index contributed by atoms with van der Waals surface area (Å²) in [7, 11) is 0. The van der Waals surface area contributed by atoms with Gasteiger partial charge in [-0.3, -0.25) is 0 Å². The summed E-state index contributed by atoms with van der Waals surface area (Å²) in [5, 5.41) is 6.22. The van der Waals surface area contributed by atoms with Crippen LogP contribution in [0.5, 0.6) is 0 Å². The van der Waals surface area contributed by atoms with E-state index in [-0.39, 0.29) is 0 Å². The van der Waals surface area contributed by atoms with Crippen LogP contribution in [0.2, 0.25) is 0 Å². The van der Waals surface area contributed by atoms with E-state index < -0.39 is 0 Å². The molecule has 0 atom stereocenters. The molecule has 2 heteroatoms. The van der Waals surface area contributed by atoms with Crippen LogP contribution in [0.15, 0.2) is 12.8 Å². The van der Waals surface area contributed by atoms with E-state index in [1.807, 2.05) is 0 Å². The molecule has 0 aliphatic carbocycles. The first kappa shape index (κ1) is 9.50. The first-order valence-corrected chi connectivity index (χ1v) is 3.96. The molecular weight excluding hydrogens is 124 g/mol. The van der Waals surface area contributed by atoms with Gasteiger partial charge in [-0.2, -0.15) is 0 Å². The van der Waals surface area contributed by atoms with Crippen molar-refractivity contribution in [2.24, 2.45) is 0 Å². The van der Waals surface area contributed by atoms with Crippen molar-refractivity contribution in [2.45, 2.75) is 26.2 Å². The second-order valence-corrected chi connectivity index (χ2v) is 2.29. The minimum Gasteiger partial charge on any atom is -0.379 e. The van der Waals surface area contributed by atoms with Crippen LogP contribution in [-0.4, -0.2) is 13.2 Å². The number of nitrogens with one attached hydrogen (secondary N) is 2. The number of hydrogen-bond acceptors (Lipinski definition) is 2. The molecule has 0 heterocycles. The molecule has 0 aromatic carbocycles. The summed E-state index contributed by atoms with van der Waals surface area (Å²) in [5.41, 5.74) is 0. The van der Waals surface area contributed by atoms with Gasteiger partial charge in [-0.05, 0) is 19.2 Å². The molecule has 0 amide bonds. The monoisotopic (exact) mass is 142 g/mol. The molecule has 0 saturated heterocycles. The quantitative estimate of drug-likeness (QED) is 0.415. The Morgan fingerprint density at radius 1 is 1.40 bits per heavy atom. The molecule has 2 N–H and O–H groups in total. The van der Waals surface area contributed by atoms with Gasteiger partial charge in [0.1, 0.15) is 0 Å². The predicted molar refractivity (Wildman–Crippen MR) is 45.7 cm³/mol. The fourth-order valence-corrected chi connectivity index (χ4v) is 0.733. The van der Waals surface area contributed by atoms with E-state index >= 15 is 0 Å². The Hall–Kier alpha value is -0.500. The molecule has 0 aliphatic heterocycles. The van der Waals surface area contributed by atoms with Crippen molar-refractivity contribution in [2.75, 3.05) is 13.2 Å². The van der Waals surface area contributed by atoms with Crippen molar-refractivity contribution in [3.05, 3.63) is 12.8 Å². The zero-order valence-corrected chi connectivity index (χ0v) is 6.82. The normalized spacial score (nSPS) is 9.30. The molecule has 0 radical (unpaired) electrons. The Bertz CT molecular complexity index is 71.7. The lowest BCUT2D eigenvalue weighted by molar-refractivity contribution is 0.598. The molecular formula is C8H18N2. The number of rotatable bonds is 7. The molecule has 0 aromatic rings. The standard InChI is InChI=1S/C8H18N2/c1-3-5-6-7-10-8-9-4-2/h4,9-10H,2-3,5-8H2,1H3. The predicted octanol–water partition coefficient (Wildman–Crippen LogP) is 1.46. The summed E-state index contributed by atoms with van der Waals surface area (Å²) in [5.74, 6) is 0. The summed E-state index contributed by atoms with van der Waals surface area (Å²) in [4.78, 5) is 0. The zero-order chi connectivity index (χ0) is 7.66. The van der Waals surface area contributed by atoms with Crippen LogP contribution in [0.3, 0.4) is 0 Å². The van der Waals surface area contributed by atoms with Gasteiger partial charge in [0.15, 0.2) is 0 Å². The van der Waals surface area contributed by atoms with E-state index in [4.69, 9.17) is 0 Å². The molecule has 0 unspecified atom stereocenters. The van der Waals surface area contributed by atoms with Crippen LogP contribution in [0, 0.1) is 0 Å². The van der Waals surface area contributed by atoms with Crippen LogP contribution in [-0.2, 0) is 0 Å². The molecule has 0 aliphatic rings. The van der Waals surface area contributed by atoms with E-state index in [0.29, 0.717) is 0 Å². The maximum absolute atomic E-state index is 3.54. The van der Waals surface area contributed by atoms with Crippen molar-refractivity contribution >= 4 is 0 Å². The summed E-state index contributed by atoms with van der Waals surface area (Å²) >= 11 is 0. The van der Waals surface area contributed by atoms with Gasteiger partial charge in [0.2, 0.25) is 0 Å². The van der Waals surface area contributed by atoms with Crippen molar-refractivity contribution in [3.63, 3.8) is 0 Å². The summed E-state index contributed by atoms with van der Waals surface area (Å²) in [6.07, 6.45) is 5.58. The Morgan fingerprint density at radius 2 is 2.20 bits per heavy atom. The van der Waals surface area contributed by atoms with Gasteiger partial charge < -0.3 is 10.6 Å². The lowest BCUT2D eigenvalue weighted by atomic mass is 10.2. The summed E-state index contributed by atoms with van der Waals surface area (Å²) in [6.45, 7) is 7.70. The molecule has 60 valence electrons. The first-order valence-electron chi connectivity index (χ1n) is 3.96. The molecule has 0 saturated carbocycles. The van der Waals surface area contributed by atoms with Crippen molar-refractivity contribution in [3.8, 4) is 0 Å². The molecule has 0 aromatic heterocycles. The Labute approximate surface area is 63.7 Å². The molecule has 0 spiro atoms. The van der Waals surface area contributed by atoms with Gasteiger partial charge in [0.05, 0.1) is 6.67 Å². The third-order valence-corrected chi connectivity index (χ3v) is 1.33. The van der Waals surface area contributed by atoms with Crippen LogP contribution >= 0.6 is 0 Å². The lowest BCUT2D eigenvalue weighted by Crippen LogP contribution is -2.25. The highest BCUT2D eigenvalue weighted by atomic mass is 15.0. The van der Waals surface area contributed by atoms with E-state index in [9.17, 15) is 0 Å². The van der Waals surface area contributed by atoms with Crippen molar-refractivity contribution < 1.29 is 0 Å². The third-order valence-electron chi connectivity index (χ3n) is 1.33. The van der Waals surface area contributed by atoms with Crippen LogP contribution < -0.4 is 10.6 Å². The maximum Gasteiger partial charge on any atom is 0.0647 e. The van der Waals surface area contributed by atoms with Gasteiger partial charge in [-0.1, -0.05) is 26.3 Å². The first-order chi connectivity index (χ1) is 4.91. The van der Waals surface area contributed by atoms with Crippen LogP contribution in [0.4, 0.5) is 0 Å². The molecule has 2 nitrogen and oxygen atoms in total. The van der Waals surface area contributed by atoms with Gasteiger partial charge in [-0.25, -0.2) is 0 Å². The van der Waals surface area contributed by atoms with Gasteiger partial charge in [0, 0.05) is 0 Å². The number of hydrogen-bond donors (Lipinski definition) is 2. The molecule has 0 rings (SSSR count). The minimum absolute atomic E-state index is 0.840. The Kier molecular flexibility index (Phi) is 8.07. The van der Waals surface area contributed by atoms with Crippen LogP contribution in [0.1, 0.15) is 26.2 Å². The smallest absolute Gasteiger partial charge is 0.0647 e. The van der Waals surface area contributed by atoms with Crippen molar-refractivity contribution in [1.29, 1.82) is 0 Å². The fourth-order valence-electron chi connectivity index (χ4n) is 0.733. The molecule has 0 fully saturated rings. The lowest BCUT2D eigenvalue weighted by Gasteiger charge is -2.02. The van der Waals surface area contributed by atoms with E-state index in [2.05, 4.69) is 24.1 Å². The molecule has 0 bridgehead atoms. The fraction of sp³-hybridized carbons (Fsp3) is 0.750. The Morgan fingerprint density at radius 3 is 2.80 bits per heavy atom. The largest absolute Gasteiger partial charge is 0.379 e. The number of unbranched alkanes of at least 4 members (excludes halogenated alkanes) is 2. The zero-order valence-electron chi connectivity index (χ0n) is 6.82. The average molecular weight is 142 g/mol. The molecule has 10 heavy (non-hydrogen) atoms. The average Bonchev–Trinajstić information content (AvgIpc) is 1.97. The van der Waals surface area contributed by atoms with E-state index in [1.165, 1.54) is 19.3 Å². The highest BCUT2D eigenvalue weighted by Crippen LogP contribution is 1.89. The topological polar surface area (TPSA) is 24.1 Å². The van der Waals surface area contributed by atoms with Gasteiger partial charge >= 0.3 is 0 Å². The van der Waals surface area contributed by atoms with Crippen LogP contribution in [0.25, 0.3) is 0 Å². The second kappa shape index (κ2) is 8.50. The highest BCUT2D eigenvalue weighted by Gasteiger charge is 1.83. The third kappa shape index (κ3) is 7.50. The highest BCUT2D eigenvalue weighted by molar-refractivity contribution is 4.60. The SMILES string of the molecule is C=CNCNCCCCC. The maximum atomic E-state index is 3.54. The minimum atomic E-state index is 0.840. The van der Waals surface area contributed by atoms with E-state index in [1.54, 1.807) is 6.20 Å². The van der Waals surface area contributed by atoms with Crippen molar-refractivity contribution in [1.82, 2.24) is 10.6 Å². The Balaban J connectivity index is 2.70. The van der Waals surface area contributed by atoms with Gasteiger partial charge in [0.25, 0.3) is 0 Å².